The van der Waals surface area contributed by atoms with Gasteiger partial charge in [0.1, 0.15) is 11.9 Å². The molecule has 6 aliphatic rings. The Bertz CT molecular complexity index is 1420. The van der Waals surface area contributed by atoms with Gasteiger partial charge >= 0.3 is 11.9 Å². The third-order valence-electron chi connectivity index (χ3n) is 15.7. The van der Waals surface area contributed by atoms with Crippen LogP contribution < -0.4 is 5.32 Å². The van der Waals surface area contributed by atoms with Crippen molar-refractivity contribution >= 4 is 23.6 Å². The van der Waals surface area contributed by atoms with Gasteiger partial charge in [0.25, 0.3) is 0 Å². The second-order valence-electron chi connectivity index (χ2n) is 19.4. The summed E-state index contributed by atoms with van der Waals surface area (Å²) in [5.74, 6) is -0.196. The molecule has 0 bridgehead atoms. The number of esters is 1. The molecular formula is C41H63NO7. The van der Waals surface area contributed by atoms with Crippen molar-refractivity contribution in [3.63, 3.8) is 0 Å². The van der Waals surface area contributed by atoms with Crippen molar-refractivity contribution in [2.75, 3.05) is 13.2 Å². The molecule has 4 saturated carbocycles. The number of allylic oxidation sites excluding steroid dienone is 1. The van der Waals surface area contributed by atoms with Gasteiger partial charge in [0.15, 0.2) is 0 Å². The predicted molar refractivity (Wildman–Crippen MR) is 187 cm³/mol. The summed E-state index contributed by atoms with van der Waals surface area (Å²) in [5.41, 5.74) is 0.799. The summed E-state index contributed by atoms with van der Waals surface area (Å²) in [7, 11) is 0. The molecule has 8 atom stereocenters. The van der Waals surface area contributed by atoms with Crippen LogP contribution in [0.25, 0.3) is 0 Å². The van der Waals surface area contributed by atoms with Gasteiger partial charge in [-0.3, -0.25) is 19.2 Å². The second kappa shape index (κ2) is 12.2. The van der Waals surface area contributed by atoms with Crippen molar-refractivity contribution in [3.05, 3.63) is 11.1 Å². The number of amides is 1. The molecule has 1 aliphatic heterocycles. The highest BCUT2D eigenvalue weighted by Gasteiger charge is 2.69. The first kappa shape index (κ1) is 36.6. The minimum Gasteiger partial charge on any atom is -0.481 e. The van der Waals surface area contributed by atoms with Gasteiger partial charge < -0.3 is 19.9 Å². The maximum absolute atomic E-state index is 13.9. The van der Waals surface area contributed by atoms with Crippen molar-refractivity contribution < 1.29 is 33.8 Å². The topological polar surface area (TPSA) is 119 Å². The highest BCUT2D eigenvalue weighted by Crippen LogP contribution is 2.75. The smallest absolute Gasteiger partial charge is 0.309 e. The highest BCUT2D eigenvalue weighted by atomic mass is 16.5. The number of carbonyl (C=O) groups excluding carboxylic acids is 3. The molecule has 2 N–H and O–H groups in total. The van der Waals surface area contributed by atoms with Crippen LogP contribution in [0.1, 0.15) is 139 Å². The molecule has 0 aromatic carbocycles. The Balaban J connectivity index is 1.31. The lowest BCUT2D eigenvalue weighted by atomic mass is 9.34. The molecule has 5 aliphatic carbocycles. The number of carboxylic acids is 1. The van der Waals surface area contributed by atoms with Crippen LogP contribution >= 0.6 is 0 Å². The number of rotatable bonds is 7. The largest absolute Gasteiger partial charge is 0.481 e. The van der Waals surface area contributed by atoms with Gasteiger partial charge in [-0.1, -0.05) is 54.0 Å². The van der Waals surface area contributed by atoms with Gasteiger partial charge in [0.05, 0.1) is 17.4 Å². The minimum atomic E-state index is -1.16. The van der Waals surface area contributed by atoms with E-state index in [1.165, 1.54) is 11.1 Å². The van der Waals surface area contributed by atoms with Crippen molar-refractivity contribution in [2.24, 2.45) is 56.7 Å². The number of fused-ring (bicyclic) bond motifs is 6. The Kier molecular flexibility index (Phi) is 9.10. The summed E-state index contributed by atoms with van der Waals surface area (Å²) in [5, 5.41) is 13.2. The summed E-state index contributed by atoms with van der Waals surface area (Å²) in [6.45, 7) is 20.8. The van der Waals surface area contributed by atoms with E-state index in [4.69, 9.17) is 9.47 Å². The quantitative estimate of drug-likeness (QED) is 0.209. The first-order chi connectivity index (χ1) is 22.7. The van der Waals surface area contributed by atoms with E-state index in [-0.39, 0.29) is 57.8 Å². The zero-order valence-corrected chi connectivity index (χ0v) is 31.8. The lowest BCUT2D eigenvalue weighted by Gasteiger charge is -2.70. The van der Waals surface area contributed by atoms with E-state index in [2.05, 4.69) is 53.8 Å². The molecule has 274 valence electrons. The van der Waals surface area contributed by atoms with Gasteiger partial charge in [-0.05, 0) is 118 Å². The molecule has 49 heavy (non-hydrogen) atoms. The van der Waals surface area contributed by atoms with Gasteiger partial charge in [0, 0.05) is 36.9 Å². The van der Waals surface area contributed by atoms with E-state index >= 15 is 0 Å². The van der Waals surface area contributed by atoms with Crippen molar-refractivity contribution in [2.45, 2.75) is 151 Å². The second-order valence-corrected chi connectivity index (χ2v) is 19.4. The molecule has 1 heterocycles. The maximum Gasteiger partial charge on any atom is 0.309 e. The van der Waals surface area contributed by atoms with E-state index < -0.39 is 22.9 Å². The molecule has 0 radical (unpaired) electrons. The summed E-state index contributed by atoms with van der Waals surface area (Å²) >= 11 is 0. The first-order valence-corrected chi connectivity index (χ1v) is 19.3. The van der Waals surface area contributed by atoms with E-state index in [1.807, 2.05) is 0 Å². The molecule has 3 unspecified atom stereocenters. The van der Waals surface area contributed by atoms with Gasteiger partial charge in [-0.15, -0.1) is 0 Å². The number of nitrogens with one attached hydrogen (secondary N) is 1. The fourth-order valence-corrected chi connectivity index (χ4v) is 12.8. The maximum atomic E-state index is 13.9. The summed E-state index contributed by atoms with van der Waals surface area (Å²) in [6.07, 6.45) is 9.19. The molecule has 8 nitrogen and oxygen atoms in total. The molecule has 8 heteroatoms. The van der Waals surface area contributed by atoms with Gasteiger partial charge in [-0.2, -0.15) is 0 Å². The molecule has 0 aromatic heterocycles. The number of ether oxygens (including phenoxy) is 2. The van der Waals surface area contributed by atoms with Crippen molar-refractivity contribution in [1.29, 1.82) is 0 Å². The molecule has 1 saturated heterocycles. The van der Waals surface area contributed by atoms with Gasteiger partial charge in [-0.25, -0.2) is 0 Å². The van der Waals surface area contributed by atoms with E-state index in [0.29, 0.717) is 37.3 Å². The fraction of sp³-hybridized carbons (Fsp3) is 0.854. The zero-order valence-electron chi connectivity index (χ0n) is 31.8. The third kappa shape index (κ3) is 5.55. The number of Topliss-reactive ketones (excluding diaryl/α,β-unsaturated/α-hetero) is 1. The SMILES string of the molecule is CC(C)C1C(=O)C[C@]2(NC(=O)C3CCOCC3)CC[C@]3(C)C(=C12)CCC1[C@@]2(C)CC[C@H](OC(=O)CC(C)(C)C(=O)O)C(C)(C)C2CC[C@]13C. The van der Waals surface area contributed by atoms with E-state index in [1.54, 1.807) is 13.8 Å². The van der Waals surface area contributed by atoms with Crippen LogP contribution in [0, 0.1) is 56.7 Å². The molecule has 0 aromatic rings. The fourth-order valence-electron chi connectivity index (χ4n) is 12.8. The number of carboxylic acid groups (broad SMARTS) is 1. The van der Waals surface area contributed by atoms with Crippen LogP contribution in [-0.4, -0.2) is 53.6 Å². The van der Waals surface area contributed by atoms with Crippen LogP contribution in [0.5, 0.6) is 0 Å². The lowest BCUT2D eigenvalue weighted by molar-refractivity contribution is -0.214. The summed E-state index contributed by atoms with van der Waals surface area (Å²) in [4.78, 5) is 52.5. The molecule has 1 amide bonds. The number of hydrogen-bond donors (Lipinski definition) is 2. The molecule has 0 spiro atoms. The minimum absolute atomic E-state index is 0.0357. The Morgan fingerprint density at radius 2 is 1.61 bits per heavy atom. The number of aliphatic carboxylic acids is 1. The first-order valence-electron chi connectivity index (χ1n) is 19.3. The third-order valence-corrected chi connectivity index (χ3v) is 15.7. The van der Waals surface area contributed by atoms with E-state index in [9.17, 15) is 24.3 Å². The lowest BCUT2D eigenvalue weighted by Crippen LogP contribution is -2.65. The van der Waals surface area contributed by atoms with Crippen molar-refractivity contribution in [3.8, 4) is 0 Å². The van der Waals surface area contributed by atoms with Crippen LogP contribution in [-0.2, 0) is 28.7 Å². The summed E-state index contributed by atoms with van der Waals surface area (Å²) in [6, 6.07) is 0. The average Bonchev–Trinajstić information content (AvgIpc) is 3.30. The zero-order chi connectivity index (χ0) is 35.9. The normalized spacial score (nSPS) is 40.6. The van der Waals surface area contributed by atoms with Crippen LogP contribution in [0.2, 0.25) is 0 Å². The van der Waals surface area contributed by atoms with Gasteiger partial charge in [0.2, 0.25) is 5.91 Å². The number of carbonyl (C=O) groups is 4. The molecule has 5 fully saturated rings. The van der Waals surface area contributed by atoms with Crippen LogP contribution in [0.3, 0.4) is 0 Å². The molecule has 6 rings (SSSR count). The monoisotopic (exact) mass is 681 g/mol. The Morgan fingerprint density at radius 1 is 0.939 bits per heavy atom. The van der Waals surface area contributed by atoms with E-state index in [0.717, 1.165) is 64.2 Å². The van der Waals surface area contributed by atoms with Crippen LogP contribution in [0.4, 0.5) is 0 Å². The Labute approximate surface area is 294 Å². The highest BCUT2D eigenvalue weighted by molar-refractivity contribution is 5.93. The number of hydrogen-bond acceptors (Lipinski definition) is 6. The summed E-state index contributed by atoms with van der Waals surface area (Å²) < 4.78 is 11.7. The number of ketones is 1. The molecular weight excluding hydrogens is 618 g/mol. The standard InChI is InChI=1S/C41H63NO7/c1-24(2)32-27(43)22-41(42-34(45)25-14-20-48-21-15-25)19-18-39(8)26(33(32)41)10-11-29-38(7)16-13-30(49-31(44)23-36(3,4)35(46)47)37(5,6)28(38)12-17-40(29,39)9/h24-25,28-30,32H,10-23H2,1-9H3,(H,42,45)(H,46,47)/t28?,29?,30-,32?,38-,39+,40+,41+/m0/s1. The average molecular weight is 682 g/mol. The predicted octanol–water partition coefficient (Wildman–Crippen LogP) is 7.68. The van der Waals surface area contributed by atoms with Crippen LogP contribution in [0.15, 0.2) is 11.1 Å². The van der Waals surface area contributed by atoms with Crippen molar-refractivity contribution in [1.82, 2.24) is 5.32 Å². The Morgan fingerprint density at radius 3 is 2.24 bits per heavy atom. The Hall–Kier alpha value is -2.22.